The lowest BCUT2D eigenvalue weighted by Gasteiger charge is -2.04. The number of hydrogen-bond acceptors (Lipinski definition) is 2. The van der Waals surface area contributed by atoms with Crippen LogP contribution in [0.4, 0.5) is 0 Å². The van der Waals surface area contributed by atoms with Crippen molar-refractivity contribution in [1.29, 1.82) is 0 Å². The second-order valence-electron chi connectivity index (χ2n) is 3.69. The van der Waals surface area contributed by atoms with E-state index in [2.05, 4.69) is 17.1 Å². The van der Waals surface area contributed by atoms with Gasteiger partial charge in [-0.05, 0) is 24.6 Å². The Bertz CT molecular complexity index is 489. The molecule has 1 aliphatic heterocycles. The molecule has 2 heteroatoms. The molecule has 0 N–H and O–H groups in total. The Hall–Kier alpha value is -1.41. The maximum Gasteiger partial charge on any atom is 0.107 e. The van der Waals surface area contributed by atoms with E-state index in [-0.39, 0.29) is 0 Å². The van der Waals surface area contributed by atoms with Gasteiger partial charge in [0, 0.05) is 11.1 Å². The molecule has 2 nitrogen and oxygen atoms in total. The normalized spacial score (nSPS) is 19.9. The standard InChI is InChI=1S/C12H11NO/c1-8-6-10(12-7-14-12)9-4-2-3-5-11(9)13-8/h2-6,12H,7H2,1H3/t12-/m1/s1. The fourth-order valence-electron chi connectivity index (χ4n) is 1.83. The van der Waals surface area contributed by atoms with Crippen molar-refractivity contribution in [1.82, 2.24) is 4.98 Å². The van der Waals surface area contributed by atoms with E-state index in [1.165, 1.54) is 10.9 Å². The van der Waals surface area contributed by atoms with Crippen molar-refractivity contribution >= 4 is 10.9 Å². The first-order valence-corrected chi connectivity index (χ1v) is 4.82. The molecule has 0 aliphatic carbocycles. The first-order chi connectivity index (χ1) is 6.84. The third kappa shape index (κ3) is 1.19. The Morgan fingerprint density at radius 1 is 1.36 bits per heavy atom. The lowest BCUT2D eigenvalue weighted by atomic mass is 10.1. The molecule has 1 aromatic heterocycles. The van der Waals surface area contributed by atoms with Crippen molar-refractivity contribution in [3.05, 3.63) is 41.6 Å². The van der Waals surface area contributed by atoms with Gasteiger partial charge in [-0.1, -0.05) is 18.2 Å². The number of benzene rings is 1. The molecular formula is C12H11NO. The highest BCUT2D eigenvalue weighted by molar-refractivity contribution is 5.83. The average molecular weight is 185 g/mol. The fourth-order valence-corrected chi connectivity index (χ4v) is 1.83. The summed E-state index contributed by atoms with van der Waals surface area (Å²) in [7, 11) is 0. The smallest absolute Gasteiger partial charge is 0.107 e. The van der Waals surface area contributed by atoms with E-state index in [4.69, 9.17) is 4.74 Å². The van der Waals surface area contributed by atoms with Gasteiger partial charge >= 0.3 is 0 Å². The molecule has 3 rings (SSSR count). The van der Waals surface area contributed by atoms with Gasteiger partial charge in [-0.25, -0.2) is 0 Å². The van der Waals surface area contributed by atoms with Crippen molar-refractivity contribution in [3.8, 4) is 0 Å². The van der Waals surface area contributed by atoms with Crippen LogP contribution < -0.4 is 0 Å². The average Bonchev–Trinajstić information content (AvgIpc) is 2.99. The van der Waals surface area contributed by atoms with Gasteiger partial charge in [-0.3, -0.25) is 4.98 Å². The van der Waals surface area contributed by atoms with E-state index in [9.17, 15) is 0 Å². The van der Waals surface area contributed by atoms with Crippen LogP contribution in [0.3, 0.4) is 0 Å². The minimum absolute atomic E-state index is 0.307. The number of hydrogen-bond donors (Lipinski definition) is 0. The fraction of sp³-hybridized carbons (Fsp3) is 0.250. The zero-order valence-corrected chi connectivity index (χ0v) is 8.03. The molecule has 1 aromatic carbocycles. The van der Waals surface area contributed by atoms with Gasteiger partial charge in [0.15, 0.2) is 0 Å². The van der Waals surface area contributed by atoms with Gasteiger partial charge in [0.1, 0.15) is 6.10 Å². The Morgan fingerprint density at radius 2 is 2.14 bits per heavy atom. The quantitative estimate of drug-likeness (QED) is 0.638. The number of para-hydroxylation sites is 1. The first kappa shape index (κ1) is 7.94. The molecule has 1 atom stereocenters. The van der Waals surface area contributed by atoms with E-state index in [0.29, 0.717) is 6.10 Å². The molecule has 0 unspecified atom stereocenters. The summed E-state index contributed by atoms with van der Waals surface area (Å²) < 4.78 is 5.33. The second kappa shape index (κ2) is 2.79. The molecule has 1 fully saturated rings. The van der Waals surface area contributed by atoms with Gasteiger partial charge in [0.05, 0.1) is 12.1 Å². The molecule has 0 spiro atoms. The number of aryl methyl sites for hydroxylation is 1. The van der Waals surface area contributed by atoms with Gasteiger partial charge in [-0.2, -0.15) is 0 Å². The van der Waals surface area contributed by atoms with Crippen molar-refractivity contribution in [2.75, 3.05) is 6.61 Å². The van der Waals surface area contributed by atoms with E-state index in [1.807, 2.05) is 25.1 Å². The second-order valence-corrected chi connectivity index (χ2v) is 3.69. The number of nitrogens with zero attached hydrogens (tertiary/aromatic N) is 1. The molecule has 1 saturated heterocycles. The molecule has 0 radical (unpaired) electrons. The van der Waals surface area contributed by atoms with Crippen LogP contribution in [-0.4, -0.2) is 11.6 Å². The molecular weight excluding hydrogens is 174 g/mol. The van der Waals surface area contributed by atoms with Crippen molar-refractivity contribution in [2.45, 2.75) is 13.0 Å². The predicted octanol–water partition coefficient (Wildman–Crippen LogP) is 2.61. The Labute approximate surface area is 82.5 Å². The van der Waals surface area contributed by atoms with Crippen LogP contribution >= 0.6 is 0 Å². The minimum Gasteiger partial charge on any atom is -0.368 e. The van der Waals surface area contributed by atoms with E-state index >= 15 is 0 Å². The summed E-state index contributed by atoms with van der Waals surface area (Å²) in [6, 6.07) is 10.4. The zero-order chi connectivity index (χ0) is 9.54. The van der Waals surface area contributed by atoms with Gasteiger partial charge in [-0.15, -0.1) is 0 Å². The van der Waals surface area contributed by atoms with Crippen LogP contribution in [0.2, 0.25) is 0 Å². The molecule has 14 heavy (non-hydrogen) atoms. The number of ether oxygens (including phenoxy) is 1. The third-order valence-electron chi connectivity index (χ3n) is 2.56. The lowest BCUT2D eigenvalue weighted by Crippen LogP contribution is -1.90. The van der Waals surface area contributed by atoms with Crippen molar-refractivity contribution in [2.24, 2.45) is 0 Å². The highest BCUT2D eigenvalue weighted by Crippen LogP contribution is 2.34. The lowest BCUT2D eigenvalue weighted by molar-refractivity contribution is 0.416. The minimum atomic E-state index is 0.307. The molecule has 2 aromatic rings. The zero-order valence-electron chi connectivity index (χ0n) is 8.03. The Morgan fingerprint density at radius 3 is 2.93 bits per heavy atom. The highest BCUT2D eigenvalue weighted by Gasteiger charge is 2.26. The topological polar surface area (TPSA) is 25.4 Å². The van der Waals surface area contributed by atoms with Crippen molar-refractivity contribution in [3.63, 3.8) is 0 Å². The number of aromatic nitrogens is 1. The summed E-state index contributed by atoms with van der Waals surface area (Å²) in [5.41, 5.74) is 3.42. The number of epoxide rings is 1. The molecule has 0 amide bonds. The predicted molar refractivity (Wildman–Crippen MR) is 55.2 cm³/mol. The van der Waals surface area contributed by atoms with Crippen molar-refractivity contribution < 1.29 is 4.74 Å². The number of fused-ring (bicyclic) bond motifs is 1. The SMILES string of the molecule is Cc1cc([C@H]2CO2)c2ccccc2n1. The Kier molecular flexibility index (Phi) is 1.58. The molecule has 70 valence electrons. The molecule has 0 saturated carbocycles. The molecule has 0 bridgehead atoms. The Balaban J connectivity index is 2.34. The summed E-state index contributed by atoms with van der Waals surface area (Å²) in [6.07, 6.45) is 0.307. The summed E-state index contributed by atoms with van der Waals surface area (Å²) in [4.78, 5) is 4.49. The van der Waals surface area contributed by atoms with E-state index in [1.54, 1.807) is 0 Å². The van der Waals surface area contributed by atoms with Gasteiger partial charge in [0.2, 0.25) is 0 Å². The maximum absolute atomic E-state index is 5.33. The van der Waals surface area contributed by atoms with Gasteiger partial charge < -0.3 is 4.74 Å². The summed E-state index contributed by atoms with van der Waals surface area (Å²) in [6.45, 7) is 2.88. The number of rotatable bonds is 1. The molecule has 2 heterocycles. The monoisotopic (exact) mass is 185 g/mol. The number of pyridine rings is 1. The van der Waals surface area contributed by atoms with E-state index in [0.717, 1.165) is 17.8 Å². The summed E-state index contributed by atoms with van der Waals surface area (Å²) in [5.74, 6) is 0. The maximum atomic E-state index is 5.33. The summed E-state index contributed by atoms with van der Waals surface area (Å²) in [5, 5.41) is 1.22. The largest absolute Gasteiger partial charge is 0.368 e. The van der Waals surface area contributed by atoms with Crippen LogP contribution in [0.25, 0.3) is 10.9 Å². The van der Waals surface area contributed by atoms with Crippen LogP contribution in [0.1, 0.15) is 17.4 Å². The molecule has 1 aliphatic rings. The van der Waals surface area contributed by atoms with Gasteiger partial charge in [0.25, 0.3) is 0 Å². The van der Waals surface area contributed by atoms with Crippen LogP contribution in [0, 0.1) is 6.92 Å². The van der Waals surface area contributed by atoms with Crippen LogP contribution in [0.5, 0.6) is 0 Å². The van der Waals surface area contributed by atoms with Crippen LogP contribution in [-0.2, 0) is 4.74 Å². The first-order valence-electron chi connectivity index (χ1n) is 4.82. The van der Waals surface area contributed by atoms with E-state index < -0.39 is 0 Å². The highest BCUT2D eigenvalue weighted by atomic mass is 16.6. The summed E-state index contributed by atoms with van der Waals surface area (Å²) >= 11 is 0. The third-order valence-corrected chi connectivity index (χ3v) is 2.56. The van der Waals surface area contributed by atoms with Crippen LogP contribution in [0.15, 0.2) is 30.3 Å².